The van der Waals surface area contributed by atoms with Crippen LogP contribution < -0.4 is 5.73 Å². The van der Waals surface area contributed by atoms with Crippen LogP contribution in [0.1, 0.15) is 0 Å². The summed E-state index contributed by atoms with van der Waals surface area (Å²) >= 11 is 0. The van der Waals surface area contributed by atoms with Gasteiger partial charge in [-0.3, -0.25) is 4.98 Å². The maximum atomic E-state index is 9.25. The fraction of sp³-hybridized carbons (Fsp3) is 0. The minimum absolute atomic E-state index is 0.102. The summed E-state index contributed by atoms with van der Waals surface area (Å²) < 4.78 is 0. The smallest absolute Gasteiger partial charge is 0.138 e. The Balaban J connectivity index is 2.48. The van der Waals surface area contributed by atoms with E-state index in [2.05, 4.69) is 4.98 Å². The summed E-state index contributed by atoms with van der Waals surface area (Å²) in [7, 11) is 0. The zero-order valence-corrected chi connectivity index (χ0v) is 7.51. The van der Waals surface area contributed by atoms with Crippen LogP contribution >= 0.6 is 0 Å². The molecule has 1 heterocycles. The van der Waals surface area contributed by atoms with Crippen molar-refractivity contribution in [2.45, 2.75) is 0 Å². The zero-order chi connectivity index (χ0) is 9.97. The van der Waals surface area contributed by atoms with Crippen molar-refractivity contribution >= 4 is 5.69 Å². The number of aromatic nitrogens is 1. The van der Waals surface area contributed by atoms with Gasteiger partial charge in [-0.05, 0) is 30.3 Å². The minimum atomic E-state index is 0.102. The summed E-state index contributed by atoms with van der Waals surface area (Å²) in [6, 6.07) is 10.7. The monoisotopic (exact) mass is 186 g/mol. The maximum absolute atomic E-state index is 9.25. The van der Waals surface area contributed by atoms with E-state index < -0.39 is 0 Å². The van der Waals surface area contributed by atoms with E-state index in [1.54, 1.807) is 24.4 Å². The molecule has 0 atom stereocenters. The van der Waals surface area contributed by atoms with Crippen LogP contribution in [0.25, 0.3) is 11.3 Å². The summed E-state index contributed by atoms with van der Waals surface area (Å²) in [6.45, 7) is 0. The first-order valence-corrected chi connectivity index (χ1v) is 4.27. The number of aromatic hydroxyl groups is 1. The highest BCUT2D eigenvalue weighted by Gasteiger charge is 2.01. The Bertz CT molecular complexity index is 440. The summed E-state index contributed by atoms with van der Waals surface area (Å²) in [5, 5.41) is 9.25. The maximum Gasteiger partial charge on any atom is 0.138 e. The predicted octanol–water partition coefficient (Wildman–Crippen LogP) is 2.04. The molecule has 2 aromatic rings. The average Bonchev–Trinajstić information content (AvgIpc) is 2.23. The standard InChI is InChI=1S/C11H10N2O/c12-9-7-8(4-5-11(9)14)10-3-1-2-6-13-10/h1-7,14H,12H2. The molecule has 0 saturated heterocycles. The van der Waals surface area contributed by atoms with Gasteiger partial charge < -0.3 is 10.8 Å². The molecule has 1 aromatic carbocycles. The van der Waals surface area contributed by atoms with Crippen LogP contribution in [0.4, 0.5) is 5.69 Å². The lowest BCUT2D eigenvalue weighted by Crippen LogP contribution is -1.87. The summed E-state index contributed by atoms with van der Waals surface area (Å²) in [4.78, 5) is 4.18. The molecular weight excluding hydrogens is 176 g/mol. The van der Waals surface area contributed by atoms with Crippen LogP contribution in [0.15, 0.2) is 42.6 Å². The van der Waals surface area contributed by atoms with Gasteiger partial charge in [0, 0.05) is 11.8 Å². The third-order valence-electron chi connectivity index (χ3n) is 1.99. The quantitative estimate of drug-likeness (QED) is 0.529. The second-order valence-corrected chi connectivity index (χ2v) is 2.99. The lowest BCUT2D eigenvalue weighted by Gasteiger charge is -2.02. The fourth-order valence-electron chi connectivity index (χ4n) is 1.25. The second-order valence-electron chi connectivity index (χ2n) is 2.99. The van der Waals surface area contributed by atoms with E-state index >= 15 is 0 Å². The van der Waals surface area contributed by atoms with Crippen LogP contribution in [0.3, 0.4) is 0 Å². The summed E-state index contributed by atoms with van der Waals surface area (Å²) in [5.41, 5.74) is 7.70. The molecule has 0 amide bonds. The zero-order valence-electron chi connectivity index (χ0n) is 7.51. The number of hydrogen-bond acceptors (Lipinski definition) is 3. The number of phenols is 1. The molecular formula is C11H10N2O. The van der Waals surface area contributed by atoms with E-state index in [0.717, 1.165) is 11.3 Å². The van der Waals surface area contributed by atoms with E-state index in [0.29, 0.717) is 5.69 Å². The minimum Gasteiger partial charge on any atom is -0.506 e. The number of nitrogens with zero attached hydrogens (tertiary/aromatic N) is 1. The Morgan fingerprint density at radius 3 is 2.64 bits per heavy atom. The molecule has 0 radical (unpaired) electrons. The molecule has 70 valence electrons. The molecule has 3 nitrogen and oxygen atoms in total. The van der Waals surface area contributed by atoms with Crippen molar-refractivity contribution in [1.82, 2.24) is 4.98 Å². The first-order valence-electron chi connectivity index (χ1n) is 4.27. The molecule has 0 saturated carbocycles. The van der Waals surface area contributed by atoms with Crippen molar-refractivity contribution in [2.24, 2.45) is 0 Å². The largest absolute Gasteiger partial charge is 0.506 e. The van der Waals surface area contributed by atoms with Crippen LogP contribution in [0, 0.1) is 0 Å². The molecule has 2 rings (SSSR count). The normalized spacial score (nSPS) is 10.0. The highest BCUT2D eigenvalue weighted by molar-refractivity contribution is 5.67. The van der Waals surface area contributed by atoms with Gasteiger partial charge in [-0.2, -0.15) is 0 Å². The molecule has 3 heteroatoms. The van der Waals surface area contributed by atoms with Crippen molar-refractivity contribution in [2.75, 3.05) is 5.73 Å². The van der Waals surface area contributed by atoms with E-state index in [9.17, 15) is 5.11 Å². The number of phenolic OH excluding ortho intramolecular Hbond substituents is 1. The lowest BCUT2D eigenvalue weighted by atomic mass is 10.1. The van der Waals surface area contributed by atoms with Crippen molar-refractivity contribution in [3.63, 3.8) is 0 Å². The first-order chi connectivity index (χ1) is 6.77. The van der Waals surface area contributed by atoms with Gasteiger partial charge in [-0.1, -0.05) is 6.07 Å². The topological polar surface area (TPSA) is 59.1 Å². The Morgan fingerprint density at radius 1 is 1.14 bits per heavy atom. The third-order valence-corrected chi connectivity index (χ3v) is 1.99. The van der Waals surface area contributed by atoms with Gasteiger partial charge in [0.25, 0.3) is 0 Å². The summed E-state index contributed by atoms with van der Waals surface area (Å²) in [5.74, 6) is 0.102. The van der Waals surface area contributed by atoms with Crippen LogP contribution in [0.5, 0.6) is 5.75 Å². The second kappa shape index (κ2) is 3.38. The van der Waals surface area contributed by atoms with E-state index in [-0.39, 0.29) is 5.75 Å². The van der Waals surface area contributed by atoms with E-state index in [1.807, 2.05) is 18.2 Å². The highest BCUT2D eigenvalue weighted by atomic mass is 16.3. The predicted molar refractivity (Wildman–Crippen MR) is 55.8 cm³/mol. The average molecular weight is 186 g/mol. The Kier molecular flexibility index (Phi) is 2.07. The molecule has 0 spiro atoms. The Hall–Kier alpha value is -2.03. The van der Waals surface area contributed by atoms with Gasteiger partial charge in [0.2, 0.25) is 0 Å². The number of anilines is 1. The highest BCUT2D eigenvalue weighted by Crippen LogP contribution is 2.25. The molecule has 0 aliphatic rings. The molecule has 0 aliphatic heterocycles. The van der Waals surface area contributed by atoms with Gasteiger partial charge >= 0.3 is 0 Å². The number of rotatable bonds is 1. The SMILES string of the molecule is Nc1cc(-c2ccccn2)ccc1O. The van der Waals surface area contributed by atoms with E-state index in [4.69, 9.17) is 5.73 Å². The van der Waals surface area contributed by atoms with Crippen molar-refractivity contribution in [3.8, 4) is 17.0 Å². The number of nitrogen functional groups attached to an aromatic ring is 1. The van der Waals surface area contributed by atoms with Crippen LogP contribution in [-0.2, 0) is 0 Å². The number of benzene rings is 1. The van der Waals surface area contributed by atoms with Crippen LogP contribution in [-0.4, -0.2) is 10.1 Å². The van der Waals surface area contributed by atoms with Gasteiger partial charge in [0.15, 0.2) is 0 Å². The molecule has 14 heavy (non-hydrogen) atoms. The van der Waals surface area contributed by atoms with Crippen molar-refractivity contribution in [3.05, 3.63) is 42.6 Å². The number of nitrogens with two attached hydrogens (primary N) is 1. The van der Waals surface area contributed by atoms with E-state index in [1.165, 1.54) is 0 Å². The molecule has 0 fully saturated rings. The van der Waals surface area contributed by atoms with Gasteiger partial charge in [-0.15, -0.1) is 0 Å². The lowest BCUT2D eigenvalue weighted by molar-refractivity contribution is 0.478. The third kappa shape index (κ3) is 1.52. The first kappa shape index (κ1) is 8.56. The van der Waals surface area contributed by atoms with Crippen molar-refractivity contribution in [1.29, 1.82) is 0 Å². The van der Waals surface area contributed by atoms with Gasteiger partial charge in [0.05, 0.1) is 11.4 Å². The molecule has 0 aliphatic carbocycles. The molecule has 0 bridgehead atoms. The number of hydrogen-bond donors (Lipinski definition) is 2. The Labute approximate surface area is 81.8 Å². The molecule has 3 N–H and O–H groups in total. The Morgan fingerprint density at radius 2 is 2.00 bits per heavy atom. The molecule has 1 aromatic heterocycles. The number of pyridine rings is 1. The molecule has 0 unspecified atom stereocenters. The fourth-order valence-corrected chi connectivity index (χ4v) is 1.25. The summed E-state index contributed by atoms with van der Waals surface area (Å²) in [6.07, 6.45) is 1.72. The van der Waals surface area contributed by atoms with Gasteiger partial charge in [0.1, 0.15) is 5.75 Å². The van der Waals surface area contributed by atoms with Crippen molar-refractivity contribution < 1.29 is 5.11 Å². The van der Waals surface area contributed by atoms with Crippen LogP contribution in [0.2, 0.25) is 0 Å². The van der Waals surface area contributed by atoms with Gasteiger partial charge in [-0.25, -0.2) is 0 Å².